The molecule has 5 heteroatoms. The number of nitrogens with one attached hydrogen (secondary N) is 2. The number of urea groups is 1. The maximum atomic E-state index is 12.0. The smallest absolute Gasteiger partial charge is 0.319 e. The van der Waals surface area contributed by atoms with Crippen molar-refractivity contribution in [3.8, 4) is 11.5 Å². The predicted octanol–water partition coefficient (Wildman–Crippen LogP) is 3.59. The van der Waals surface area contributed by atoms with Gasteiger partial charge in [0.2, 0.25) is 0 Å². The molecule has 0 bridgehead atoms. The van der Waals surface area contributed by atoms with Crippen molar-refractivity contribution in [1.29, 1.82) is 0 Å². The first kappa shape index (κ1) is 16.7. The SMILES string of the molecule is COc1cccc(NC(=O)N[C@@H](C)COc2ccc(C)cc2)c1. The van der Waals surface area contributed by atoms with E-state index < -0.39 is 0 Å². The summed E-state index contributed by atoms with van der Waals surface area (Å²) in [5.74, 6) is 1.48. The van der Waals surface area contributed by atoms with E-state index >= 15 is 0 Å². The van der Waals surface area contributed by atoms with E-state index in [4.69, 9.17) is 9.47 Å². The molecule has 23 heavy (non-hydrogen) atoms. The monoisotopic (exact) mass is 314 g/mol. The zero-order chi connectivity index (χ0) is 16.7. The van der Waals surface area contributed by atoms with Crippen LogP contribution in [0, 0.1) is 6.92 Å². The van der Waals surface area contributed by atoms with Crippen LogP contribution in [-0.4, -0.2) is 25.8 Å². The summed E-state index contributed by atoms with van der Waals surface area (Å²) in [6.45, 7) is 4.31. The maximum Gasteiger partial charge on any atom is 0.319 e. The van der Waals surface area contributed by atoms with Crippen LogP contribution in [0.4, 0.5) is 10.5 Å². The number of aryl methyl sites for hydroxylation is 1. The highest BCUT2D eigenvalue weighted by Gasteiger charge is 2.08. The fourth-order valence-corrected chi connectivity index (χ4v) is 1.99. The summed E-state index contributed by atoms with van der Waals surface area (Å²) >= 11 is 0. The van der Waals surface area contributed by atoms with E-state index in [9.17, 15) is 4.79 Å². The van der Waals surface area contributed by atoms with Crippen LogP contribution in [0.5, 0.6) is 11.5 Å². The van der Waals surface area contributed by atoms with E-state index in [-0.39, 0.29) is 12.1 Å². The van der Waals surface area contributed by atoms with Crippen LogP contribution in [0.15, 0.2) is 48.5 Å². The lowest BCUT2D eigenvalue weighted by Gasteiger charge is -2.16. The van der Waals surface area contributed by atoms with Crippen LogP contribution in [0.1, 0.15) is 12.5 Å². The van der Waals surface area contributed by atoms with Gasteiger partial charge in [-0.3, -0.25) is 0 Å². The number of benzene rings is 2. The largest absolute Gasteiger partial charge is 0.497 e. The molecule has 0 spiro atoms. The molecule has 2 aromatic rings. The summed E-state index contributed by atoms with van der Waals surface area (Å²) in [5, 5.41) is 5.60. The van der Waals surface area contributed by atoms with Crippen molar-refractivity contribution in [2.45, 2.75) is 19.9 Å². The third kappa shape index (κ3) is 5.54. The van der Waals surface area contributed by atoms with Crippen LogP contribution in [0.2, 0.25) is 0 Å². The van der Waals surface area contributed by atoms with Crippen LogP contribution in [-0.2, 0) is 0 Å². The van der Waals surface area contributed by atoms with E-state index in [1.807, 2.05) is 50.2 Å². The number of amides is 2. The Hall–Kier alpha value is -2.69. The van der Waals surface area contributed by atoms with Crippen LogP contribution in [0.3, 0.4) is 0 Å². The molecular formula is C18H22N2O3. The second-order valence-electron chi connectivity index (χ2n) is 5.36. The molecule has 0 saturated heterocycles. The Kier molecular flexibility index (Phi) is 5.86. The second kappa shape index (κ2) is 8.08. The molecule has 2 amide bonds. The molecule has 122 valence electrons. The van der Waals surface area contributed by atoms with Gasteiger partial charge in [-0.15, -0.1) is 0 Å². The predicted molar refractivity (Wildman–Crippen MR) is 91.3 cm³/mol. The molecule has 0 saturated carbocycles. The molecule has 0 unspecified atom stereocenters. The van der Waals surface area contributed by atoms with Gasteiger partial charge in [0.05, 0.1) is 13.2 Å². The number of methoxy groups -OCH3 is 1. The molecule has 0 heterocycles. The standard InChI is InChI=1S/C18H22N2O3/c1-13-7-9-16(10-8-13)23-12-14(2)19-18(21)20-15-5-4-6-17(11-15)22-3/h4-11,14H,12H2,1-3H3,(H2,19,20,21)/t14-/m0/s1. The van der Waals surface area contributed by atoms with Gasteiger partial charge in [-0.05, 0) is 38.1 Å². The molecule has 5 nitrogen and oxygen atoms in total. The Labute approximate surface area is 136 Å². The van der Waals surface area contributed by atoms with Crippen LogP contribution >= 0.6 is 0 Å². The van der Waals surface area contributed by atoms with Crippen LogP contribution < -0.4 is 20.1 Å². The van der Waals surface area contributed by atoms with Gasteiger partial charge in [0.1, 0.15) is 18.1 Å². The first-order chi connectivity index (χ1) is 11.1. The van der Waals surface area contributed by atoms with Crippen LogP contribution in [0.25, 0.3) is 0 Å². The summed E-state index contributed by atoms with van der Waals surface area (Å²) < 4.78 is 10.8. The first-order valence-electron chi connectivity index (χ1n) is 7.48. The number of carbonyl (C=O) groups excluding carboxylic acids is 1. The highest BCUT2D eigenvalue weighted by molar-refractivity contribution is 5.89. The van der Waals surface area contributed by atoms with Gasteiger partial charge < -0.3 is 20.1 Å². The lowest BCUT2D eigenvalue weighted by atomic mass is 10.2. The van der Waals surface area contributed by atoms with Gasteiger partial charge in [0.25, 0.3) is 0 Å². The Bertz CT molecular complexity index is 641. The molecular weight excluding hydrogens is 292 g/mol. The normalized spacial score (nSPS) is 11.4. The highest BCUT2D eigenvalue weighted by atomic mass is 16.5. The van der Waals surface area contributed by atoms with Gasteiger partial charge in [0.15, 0.2) is 0 Å². The average Bonchev–Trinajstić information content (AvgIpc) is 2.54. The molecule has 0 aliphatic rings. The Morgan fingerprint density at radius 2 is 1.87 bits per heavy atom. The Balaban J connectivity index is 1.78. The van der Waals surface area contributed by atoms with Gasteiger partial charge in [-0.1, -0.05) is 23.8 Å². The number of rotatable bonds is 6. The summed E-state index contributed by atoms with van der Waals surface area (Å²) in [6, 6.07) is 14.6. The molecule has 2 rings (SSSR count). The van der Waals surface area contributed by atoms with E-state index in [0.717, 1.165) is 5.75 Å². The lowest BCUT2D eigenvalue weighted by Crippen LogP contribution is -2.39. The minimum absolute atomic E-state index is 0.123. The Morgan fingerprint density at radius 1 is 1.13 bits per heavy atom. The highest BCUT2D eigenvalue weighted by Crippen LogP contribution is 2.16. The first-order valence-corrected chi connectivity index (χ1v) is 7.48. The molecule has 0 fully saturated rings. The zero-order valence-electron chi connectivity index (χ0n) is 13.6. The van der Waals surface area contributed by atoms with Gasteiger partial charge in [0, 0.05) is 11.8 Å². The van der Waals surface area contributed by atoms with Crippen molar-refractivity contribution in [2.75, 3.05) is 19.0 Å². The number of anilines is 1. The summed E-state index contributed by atoms with van der Waals surface area (Å²) in [4.78, 5) is 12.0. The van der Waals surface area contributed by atoms with E-state index in [1.165, 1.54) is 5.56 Å². The lowest BCUT2D eigenvalue weighted by molar-refractivity contribution is 0.236. The molecule has 1 atom stereocenters. The van der Waals surface area contributed by atoms with Gasteiger partial charge in [-0.25, -0.2) is 4.79 Å². The summed E-state index contributed by atoms with van der Waals surface area (Å²) in [5.41, 5.74) is 1.86. The Morgan fingerprint density at radius 3 is 2.57 bits per heavy atom. The van der Waals surface area contributed by atoms with Crippen molar-refractivity contribution < 1.29 is 14.3 Å². The molecule has 2 aromatic carbocycles. The summed E-state index contributed by atoms with van der Waals surface area (Å²) in [7, 11) is 1.59. The van der Waals surface area contributed by atoms with E-state index in [0.29, 0.717) is 18.0 Å². The number of carbonyl (C=O) groups is 1. The zero-order valence-corrected chi connectivity index (χ0v) is 13.6. The number of ether oxygens (including phenoxy) is 2. The van der Waals surface area contributed by atoms with Crippen molar-refractivity contribution in [1.82, 2.24) is 5.32 Å². The fourth-order valence-electron chi connectivity index (χ4n) is 1.99. The van der Waals surface area contributed by atoms with Gasteiger partial charge >= 0.3 is 6.03 Å². The van der Waals surface area contributed by atoms with E-state index in [1.54, 1.807) is 19.2 Å². The minimum atomic E-state index is -0.279. The van der Waals surface area contributed by atoms with Crippen molar-refractivity contribution in [3.63, 3.8) is 0 Å². The van der Waals surface area contributed by atoms with Gasteiger partial charge in [-0.2, -0.15) is 0 Å². The number of hydrogen-bond acceptors (Lipinski definition) is 3. The molecule has 2 N–H and O–H groups in total. The topological polar surface area (TPSA) is 59.6 Å². The summed E-state index contributed by atoms with van der Waals surface area (Å²) in [6.07, 6.45) is 0. The van der Waals surface area contributed by atoms with E-state index in [2.05, 4.69) is 10.6 Å². The third-order valence-corrected chi connectivity index (χ3v) is 3.23. The third-order valence-electron chi connectivity index (χ3n) is 3.23. The molecule has 0 aliphatic heterocycles. The fraction of sp³-hybridized carbons (Fsp3) is 0.278. The van der Waals surface area contributed by atoms with Crippen molar-refractivity contribution in [3.05, 3.63) is 54.1 Å². The molecule has 0 radical (unpaired) electrons. The minimum Gasteiger partial charge on any atom is -0.497 e. The molecule has 0 aromatic heterocycles. The van der Waals surface area contributed by atoms with Crippen molar-refractivity contribution >= 4 is 11.7 Å². The van der Waals surface area contributed by atoms with Crippen molar-refractivity contribution in [2.24, 2.45) is 0 Å². The maximum absolute atomic E-state index is 12.0. The number of hydrogen-bond donors (Lipinski definition) is 2. The average molecular weight is 314 g/mol. The second-order valence-corrected chi connectivity index (χ2v) is 5.36. The quantitative estimate of drug-likeness (QED) is 0.856. The molecule has 0 aliphatic carbocycles.